The molecule has 1 aromatic carbocycles. The summed E-state index contributed by atoms with van der Waals surface area (Å²) in [6.07, 6.45) is 1.73. The Hall–Kier alpha value is -1.75. The van der Waals surface area contributed by atoms with Gasteiger partial charge in [0.15, 0.2) is 0 Å². The molecule has 112 valence electrons. The van der Waals surface area contributed by atoms with Gasteiger partial charge >= 0.3 is 0 Å². The number of hydrogen-bond acceptors (Lipinski definition) is 4. The molecule has 0 aromatic heterocycles. The predicted molar refractivity (Wildman–Crippen MR) is 85.1 cm³/mol. The van der Waals surface area contributed by atoms with Crippen molar-refractivity contribution in [3.05, 3.63) is 34.7 Å². The molecule has 0 N–H and O–H groups in total. The molecule has 0 saturated carbocycles. The van der Waals surface area contributed by atoms with E-state index in [9.17, 15) is 9.59 Å². The molecule has 0 aliphatic carbocycles. The third-order valence-corrected chi connectivity index (χ3v) is 3.83. The molecule has 1 aliphatic rings. The average Bonchev–Trinajstić information content (AvgIpc) is 2.69. The number of para-hydroxylation sites is 1. The number of thioether (sulfide) groups is 1. The van der Waals surface area contributed by atoms with Gasteiger partial charge in [-0.25, -0.2) is 0 Å². The largest absolute Gasteiger partial charge is 0.493 e. The fourth-order valence-corrected chi connectivity index (χ4v) is 2.89. The van der Waals surface area contributed by atoms with E-state index in [1.165, 1.54) is 4.90 Å². The molecule has 0 radical (unpaired) electrons. The average molecular weight is 305 g/mol. The van der Waals surface area contributed by atoms with Gasteiger partial charge < -0.3 is 4.74 Å². The third kappa shape index (κ3) is 3.67. The van der Waals surface area contributed by atoms with Gasteiger partial charge in [-0.15, -0.1) is 0 Å². The summed E-state index contributed by atoms with van der Waals surface area (Å²) < 4.78 is 5.54. The first-order valence-electron chi connectivity index (χ1n) is 7.00. The lowest BCUT2D eigenvalue weighted by atomic mass is 10.1. The number of ether oxygens (including phenoxy) is 1. The van der Waals surface area contributed by atoms with Crippen molar-refractivity contribution in [3.8, 4) is 5.75 Å². The molecule has 1 fully saturated rings. The fraction of sp³-hybridized carbons (Fsp3) is 0.375. The Morgan fingerprint density at radius 1 is 1.29 bits per heavy atom. The monoisotopic (exact) mass is 305 g/mol. The second kappa shape index (κ2) is 6.80. The third-order valence-electron chi connectivity index (χ3n) is 2.93. The predicted octanol–water partition coefficient (Wildman–Crippen LogP) is 3.78. The zero-order chi connectivity index (χ0) is 15.4. The van der Waals surface area contributed by atoms with Crippen LogP contribution < -0.4 is 4.74 Å². The minimum absolute atomic E-state index is 0.200. The Balaban J connectivity index is 2.26. The van der Waals surface area contributed by atoms with E-state index in [2.05, 4.69) is 0 Å². The Bertz CT molecular complexity index is 581. The number of rotatable bonds is 5. The summed E-state index contributed by atoms with van der Waals surface area (Å²) in [5.41, 5.74) is 0.814. The van der Waals surface area contributed by atoms with Crippen LogP contribution in [0.3, 0.4) is 0 Å². The van der Waals surface area contributed by atoms with E-state index in [0.29, 0.717) is 18.1 Å². The SMILES string of the molecule is CCOc1ccccc1/C=C1\SC(=O)N(CC(C)C)C1=O. The van der Waals surface area contributed by atoms with Crippen LogP contribution in [0.1, 0.15) is 26.3 Å². The van der Waals surface area contributed by atoms with Crippen LogP contribution >= 0.6 is 11.8 Å². The summed E-state index contributed by atoms with van der Waals surface area (Å²) in [7, 11) is 0. The van der Waals surface area contributed by atoms with Crippen LogP contribution in [0.15, 0.2) is 29.2 Å². The Labute approximate surface area is 129 Å². The van der Waals surface area contributed by atoms with E-state index in [1.807, 2.05) is 45.0 Å². The molecule has 21 heavy (non-hydrogen) atoms. The smallest absolute Gasteiger partial charge is 0.293 e. The lowest BCUT2D eigenvalue weighted by Crippen LogP contribution is -2.31. The molecule has 4 nitrogen and oxygen atoms in total. The van der Waals surface area contributed by atoms with Crippen molar-refractivity contribution < 1.29 is 14.3 Å². The number of nitrogens with zero attached hydrogens (tertiary/aromatic N) is 1. The summed E-state index contributed by atoms with van der Waals surface area (Å²) in [6, 6.07) is 7.49. The van der Waals surface area contributed by atoms with E-state index in [4.69, 9.17) is 4.74 Å². The highest BCUT2D eigenvalue weighted by Gasteiger charge is 2.35. The molecule has 5 heteroatoms. The van der Waals surface area contributed by atoms with Crippen molar-refractivity contribution in [1.29, 1.82) is 0 Å². The number of carbonyl (C=O) groups excluding carboxylic acids is 2. The van der Waals surface area contributed by atoms with Crippen LogP contribution in [0.2, 0.25) is 0 Å². The topological polar surface area (TPSA) is 46.6 Å². The van der Waals surface area contributed by atoms with Crippen molar-refractivity contribution >= 4 is 29.0 Å². The number of carbonyl (C=O) groups is 2. The van der Waals surface area contributed by atoms with Crippen molar-refractivity contribution in [2.45, 2.75) is 20.8 Å². The molecule has 0 unspecified atom stereocenters. The molecule has 0 bridgehead atoms. The summed E-state index contributed by atoms with van der Waals surface area (Å²) in [5, 5.41) is -0.200. The molecular formula is C16H19NO3S. The first kappa shape index (κ1) is 15.6. The first-order chi connectivity index (χ1) is 10.0. The fourth-order valence-electron chi connectivity index (χ4n) is 2.05. The maximum atomic E-state index is 12.3. The first-order valence-corrected chi connectivity index (χ1v) is 7.81. The van der Waals surface area contributed by atoms with E-state index in [-0.39, 0.29) is 17.1 Å². The highest BCUT2D eigenvalue weighted by Crippen LogP contribution is 2.34. The zero-order valence-electron chi connectivity index (χ0n) is 12.5. The van der Waals surface area contributed by atoms with Crippen LogP contribution in [0, 0.1) is 5.92 Å². The summed E-state index contributed by atoms with van der Waals surface area (Å²) in [4.78, 5) is 26.0. The Morgan fingerprint density at radius 2 is 2.00 bits per heavy atom. The van der Waals surface area contributed by atoms with Crippen molar-refractivity contribution in [2.75, 3.05) is 13.2 Å². The van der Waals surface area contributed by atoms with E-state index >= 15 is 0 Å². The molecular weight excluding hydrogens is 286 g/mol. The van der Waals surface area contributed by atoms with Gasteiger partial charge in [-0.05, 0) is 36.7 Å². The van der Waals surface area contributed by atoms with Crippen LogP contribution in [0.25, 0.3) is 6.08 Å². The highest BCUT2D eigenvalue weighted by molar-refractivity contribution is 8.18. The lowest BCUT2D eigenvalue weighted by Gasteiger charge is -2.14. The number of imide groups is 1. The number of hydrogen-bond donors (Lipinski definition) is 0. The molecule has 2 rings (SSSR count). The molecule has 2 amide bonds. The lowest BCUT2D eigenvalue weighted by molar-refractivity contribution is -0.123. The van der Waals surface area contributed by atoms with Gasteiger partial charge in [0.2, 0.25) is 0 Å². The highest BCUT2D eigenvalue weighted by atomic mass is 32.2. The van der Waals surface area contributed by atoms with Crippen molar-refractivity contribution in [2.24, 2.45) is 5.92 Å². The van der Waals surface area contributed by atoms with Crippen LogP contribution in [0.5, 0.6) is 5.75 Å². The van der Waals surface area contributed by atoms with Crippen molar-refractivity contribution in [3.63, 3.8) is 0 Å². The summed E-state index contributed by atoms with van der Waals surface area (Å²) in [6.45, 7) is 6.89. The molecule has 1 aromatic rings. The second-order valence-electron chi connectivity index (χ2n) is 5.16. The molecule has 1 saturated heterocycles. The van der Waals surface area contributed by atoms with Gasteiger partial charge in [-0.1, -0.05) is 32.0 Å². The summed E-state index contributed by atoms with van der Waals surface area (Å²) in [5.74, 6) is 0.759. The minimum Gasteiger partial charge on any atom is -0.493 e. The van der Waals surface area contributed by atoms with Crippen LogP contribution in [0.4, 0.5) is 4.79 Å². The maximum absolute atomic E-state index is 12.3. The minimum atomic E-state index is -0.218. The quantitative estimate of drug-likeness (QED) is 0.777. The van der Waals surface area contributed by atoms with Gasteiger partial charge in [0, 0.05) is 12.1 Å². The zero-order valence-corrected chi connectivity index (χ0v) is 13.3. The maximum Gasteiger partial charge on any atom is 0.293 e. The van der Waals surface area contributed by atoms with E-state index < -0.39 is 0 Å². The van der Waals surface area contributed by atoms with Gasteiger partial charge in [0.1, 0.15) is 5.75 Å². The Morgan fingerprint density at radius 3 is 2.67 bits per heavy atom. The molecule has 1 heterocycles. The van der Waals surface area contributed by atoms with Crippen LogP contribution in [-0.4, -0.2) is 29.2 Å². The molecule has 0 spiro atoms. The van der Waals surface area contributed by atoms with Gasteiger partial charge in [-0.2, -0.15) is 0 Å². The second-order valence-corrected chi connectivity index (χ2v) is 6.15. The van der Waals surface area contributed by atoms with Gasteiger partial charge in [0.05, 0.1) is 11.5 Å². The van der Waals surface area contributed by atoms with Crippen LogP contribution in [-0.2, 0) is 4.79 Å². The van der Waals surface area contributed by atoms with Crippen molar-refractivity contribution in [1.82, 2.24) is 4.90 Å². The Kier molecular flexibility index (Phi) is 5.07. The van der Waals surface area contributed by atoms with E-state index in [1.54, 1.807) is 6.08 Å². The van der Waals surface area contributed by atoms with E-state index in [0.717, 1.165) is 23.1 Å². The van der Waals surface area contributed by atoms with Gasteiger partial charge in [0.25, 0.3) is 11.1 Å². The summed E-state index contributed by atoms with van der Waals surface area (Å²) >= 11 is 0.988. The molecule has 0 atom stereocenters. The van der Waals surface area contributed by atoms with Gasteiger partial charge in [-0.3, -0.25) is 14.5 Å². The number of benzene rings is 1. The molecule has 1 aliphatic heterocycles. The number of amides is 2. The standard InChI is InChI=1S/C16H19NO3S/c1-4-20-13-8-6-5-7-12(13)9-14-15(18)17(10-11(2)3)16(19)21-14/h5-9,11H,4,10H2,1-3H3/b14-9-. The normalized spacial score (nSPS) is 17.1.